The van der Waals surface area contributed by atoms with Crippen molar-refractivity contribution in [2.75, 3.05) is 4.93 Å². The molecule has 17 heavy (non-hydrogen) atoms. The Bertz CT molecular complexity index is 577. The van der Waals surface area contributed by atoms with Crippen LogP contribution >= 0.6 is 0 Å². The molecule has 0 aliphatic heterocycles. The number of aromatic nitrogens is 2. The van der Waals surface area contributed by atoms with Gasteiger partial charge in [0, 0.05) is 0 Å². The van der Waals surface area contributed by atoms with Crippen LogP contribution in [0.2, 0.25) is 0 Å². The van der Waals surface area contributed by atoms with Crippen molar-refractivity contribution in [1.29, 1.82) is 0 Å². The van der Waals surface area contributed by atoms with E-state index in [2.05, 4.69) is 16.8 Å². The number of benzene rings is 1. The fourth-order valence-electron chi connectivity index (χ4n) is 1.82. The summed E-state index contributed by atoms with van der Waals surface area (Å²) in [5, 5.41) is 0. The van der Waals surface area contributed by atoms with Gasteiger partial charge in [0.2, 0.25) is 0 Å². The molecule has 0 radical (unpaired) electrons. The summed E-state index contributed by atoms with van der Waals surface area (Å²) in [6.07, 6.45) is 2.92. The molecule has 0 unspecified atom stereocenters. The van der Waals surface area contributed by atoms with Crippen LogP contribution in [0.15, 0.2) is 29.1 Å². The van der Waals surface area contributed by atoms with E-state index < -0.39 is 0 Å². The Morgan fingerprint density at radius 3 is 2.82 bits per heavy atom. The fraction of sp³-hybridized carbons (Fsp3) is 0.385. The first-order chi connectivity index (χ1) is 8.27. The monoisotopic (exact) mass is 343 g/mol. The Morgan fingerprint density at radius 2 is 2.12 bits per heavy atom. The number of hydrogen-bond acceptors (Lipinski definition) is 2. The molecule has 0 aliphatic carbocycles. The van der Waals surface area contributed by atoms with Crippen molar-refractivity contribution >= 4 is 11.0 Å². The molecular formula is C13H16IN2O-. The Kier molecular flexibility index (Phi) is 4.15. The number of aryl methyl sites for hydroxylation is 1. The number of alkyl halides is 1. The normalized spacial score (nSPS) is 11.2. The molecule has 0 spiro atoms. The molecule has 3 nitrogen and oxygen atoms in total. The summed E-state index contributed by atoms with van der Waals surface area (Å²) in [6, 6.07) is 7.91. The molecule has 1 aromatic heterocycles. The molecule has 0 bridgehead atoms. The zero-order chi connectivity index (χ0) is 12.3. The maximum absolute atomic E-state index is 12.2. The van der Waals surface area contributed by atoms with Gasteiger partial charge < -0.3 is 0 Å². The summed E-state index contributed by atoms with van der Waals surface area (Å²) in [5.74, 6) is 0. The third-order valence-electron chi connectivity index (χ3n) is 2.71. The number of rotatable bonds is 4. The molecule has 2 rings (SSSR count). The van der Waals surface area contributed by atoms with Crippen LogP contribution in [0.3, 0.4) is 0 Å². The van der Waals surface area contributed by atoms with Crippen LogP contribution in [0.25, 0.3) is 11.0 Å². The van der Waals surface area contributed by atoms with Crippen LogP contribution in [-0.4, -0.2) is 12.7 Å². The van der Waals surface area contributed by atoms with Gasteiger partial charge >= 0.3 is 112 Å². The molecule has 0 amide bonds. The second-order valence-corrected chi connectivity index (χ2v) is 5.84. The summed E-state index contributed by atoms with van der Waals surface area (Å²) < 4.78 is 1.92. The topological polar surface area (TPSA) is 34.9 Å². The standard InChI is InChI=1S/C13H16IN2O/c1-3-4-7-11-13(17)16(14-2)12-9-6-5-8-10(12)15-11/h5-6,8-9H,3-4,7H2,1-2H3/q-1. The Labute approximate surface area is 111 Å². The molecule has 0 saturated carbocycles. The zero-order valence-electron chi connectivity index (χ0n) is 10.1. The van der Waals surface area contributed by atoms with E-state index in [4.69, 9.17) is 0 Å². The van der Waals surface area contributed by atoms with Gasteiger partial charge in [0.05, 0.1) is 0 Å². The Balaban J connectivity index is 2.63. The van der Waals surface area contributed by atoms with Crippen LogP contribution in [0.1, 0.15) is 25.5 Å². The van der Waals surface area contributed by atoms with Gasteiger partial charge in [0.25, 0.3) is 0 Å². The number of hydrogen-bond donors (Lipinski definition) is 0. The van der Waals surface area contributed by atoms with E-state index in [0.717, 1.165) is 36.0 Å². The van der Waals surface area contributed by atoms with E-state index >= 15 is 0 Å². The van der Waals surface area contributed by atoms with Crippen LogP contribution in [0, 0.1) is 0 Å². The van der Waals surface area contributed by atoms with E-state index in [1.165, 1.54) is 0 Å². The molecule has 2 aromatic rings. The number of fused-ring (bicyclic) bond motifs is 1. The molecular weight excluding hydrogens is 327 g/mol. The third kappa shape index (κ3) is 2.51. The van der Waals surface area contributed by atoms with Gasteiger partial charge in [-0.25, -0.2) is 0 Å². The summed E-state index contributed by atoms with van der Waals surface area (Å²) in [7, 11) is 0. The average Bonchev–Trinajstić information content (AvgIpc) is 2.36. The first kappa shape index (κ1) is 12.5. The molecule has 0 aliphatic rings. The second-order valence-electron chi connectivity index (χ2n) is 3.91. The number of halogens is 1. The fourth-order valence-corrected chi connectivity index (χ4v) is 3.46. The Morgan fingerprint density at radius 1 is 1.35 bits per heavy atom. The summed E-state index contributed by atoms with van der Waals surface area (Å²) >= 11 is -0.283. The minimum atomic E-state index is -0.283. The average molecular weight is 343 g/mol. The molecule has 1 heterocycles. The van der Waals surface area contributed by atoms with Crippen molar-refractivity contribution in [3.8, 4) is 0 Å². The SMILES string of the molecule is CCCCc1nc2ccccc2n([I-]C)c1=O. The Hall–Kier alpha value is -0.910. The molecule has 0 fully saturated rings. The minimum absolute atomic E-state index is 0.118. The van der Waals surface area contributed by atoms with E-state index in [-0.39, 0.29) is 27.0 Å². The summed E-state index contributed by atoms with van der Waals surface area (Å²) in [6.45, 7) is 2.13. The molecule has 1 aromatic carbocycles. The van der Waals surface area contributed by atoms with Crippen molar-refractivity contribution in [3.63, 3.8) is 0 Å². The van der Waals surface area contributed by atoms with Gasteiger partial charge in [-0.15, -0.1) is 0 Å². The van der Waals surface area contributed by atoms with E-state index in [9.17, 15) is 4.79 Å². The number of para-hydroxylation sites is 2. The van der Waals surface area contributed by atoms with Crippen LogP contribution in [-0.2, 0) is 6.42 Å². The quantitative estimate of drug-likeness (QED) is 0.539. The van der Waals surface area contributed by atoms with Crippen molar-refractivity contribution < 1.29 is 21.5 Å². The molecule has 0 N–H and O–H groups in total. The molecule has 0 saturated heterocycles. The second kappa shape index (κ2) is 5.62. The van der Waals surface area contributed by atoms with Crippen molar-refractivity contribution in [2.24, 2.45) is 0 Å². The molecule has 0 atom stereocenters. The van der Waals surface area contributed by atoms with Crippen molar-refractivity contribution in [1.82, 2.24) is 7.76 Å². The van der Waals surface area contributed by atoms with Gasteiger partial charge in [-0.2, -0.15) is 0 Å². The summed E-state index contributed by atoms with van der Waals surface area (Å²) in [4.78, 5) is 18.9. The van der Waals surface area contributed by atoms with Gasteiger partial charge in [0.1, 0.15) is 0 Å². The van der Waals surface area contributed by atoms with Crippen LogP contribution in [0.4, 0.5) is 0 Å². The molecule has 4 heteroatoms. The number of nitrogens with zero attached hydrogens (tertiary/aromatic N) is 2. The van der Waals surface area contributed by atoms with Gasteiger partial charge in [-0.05, 0) is 0 Å². The maximum atomic E-state index is 12.2. The van der Waals surface area contributed by atoms with E-state index in [1.54, 1.807) is 0 Å². The summed E-state index contributed by atoms with van der Waals surface area (Å²) in [5.41, 5.74) is 2.77. The predicted octanol–water partition coefficient (Wildman–Crippen LogP) is -0.779. The number of unbranched alkanes of at least 4 members (excludes halogenated alkanes) is 1. The van der Waals surface area contributed by atoms with Gasteiger partial charge in [-0.1, -0.05) is 0 Å². The molecule has 92 valence electrons. The van der Waals surface area contributed by atoms with Gasteiger partial charge in [0.15, 0.2) is 0 Å². The van der Waals surface area contributed by atoms with E-state index in [0.29, 0.717) is 0 Å². The van der Waals surface area contributed by atoms with Crippen LogP contribution < -0.4 is 27.0 Å². The van der Waals surface area contributed by atoms with Crippen LogP contribution in [0.5, 0.6) is 0 Å². The van der Waals surface area contributed by atoms with Crippen molar-refractivity contribution in [2.45, 2.75) is 26.2 Å². The first-order valence-electron chi connectivity index (χ1n) is 5.78. The van der Waals surface area contributed by atoms with Crippen molar-refractivity contribution in [3.05, 3.63) is 40.3 Å². The third-order valence-corrected chi connectivity index (χ3v) is 4.63. The van der Waals surface area contributed by atoms with E-state index in [1.807, 2.05) is 27.0 Å². The predicted molar refractivity (Wildman–Crippen MR) is 65.9 cm³/mol. The first-order valence-corrected chi connectivity index (χ1v) is 8.91. The zero-order valence-corrected chi connectivity index (χ0v) is 12.3. The van der Waals surface area contributed by atoms with Gasteiger partial charge in [-0.3, -0.25) is 0 Å².